The van der Waals surface area contributed by atoms with Crippen molar-refractivity contribution in [3.8, 4) is 0 Å². The highest BCUT2D eigenvalue weighted by Crippen LogP contribution is 2.32. The van der Waals surface area contributed by atoms with E-state index in [9.17, 15) is 0 Å². The largest absolute Gasteiger partial charge is 0.313 e. The average molecular weight is 247 g/mol. The highest BCUT2D eigenvalue weighted by Gasteiger charge is 2.22. The molecule has 0 radical (unpaired) electrons. The maximum absolute atomic E-state index is 4.79. The molecule has 0 saturated carbocycles. The lowest BCUT2D eigenvalue weighted by Crippen LogP contribution is -2.14. The molecule has 0 aromatic carbocycles. The Morgan fingerprint density at radius 1 is 1.53 bits per heavy atom. The molecular weight excluding hydrogens is 230 g/mol. The van der Waals surface area contributed by atoms with E-state index in [0.717, 1.165) is 17.7 Å². The summed E-state index contributed by atoms with van der Waals surface area (Å²) in [5, 5.41) is 0. The van der Waals surface area contributed by atoms with Crippen LogP contribution in [-0.2, 0) is 6.54 Å². The van der Waals surface area contributed by atoms with E-state index in [2.05, 4.69) is 34.3 Å². The van der Waals surface area contributed by atoms with Crippen LogP contribution in [0.25, 0.3) is 11.2 Å². The summed E-state index contributed by atoms with van der Waals surface area (Å²) in [5.74, 6) is 4.38. The molecule has 4 heteroatoms. The van der Waals surface area contributed by atoms with Crippen LogP contribution < -0.4 is 0 Å². The van der Waals surface area contributed by atoms with E-state index in [-0.39, 0.29) is 0 Å². The number of aromatic nitrogens is 3. The summed E-state index contributed by atoms with van der Waals surface area (Å²) in [5.41, 5.74) is 2.08. The van der Waals surface area contributed by atoms with Crippen LogP contribution in [0, 0.1) is 0 Å². The van der Waals surface area contributed by atoms with Gasteiger partial charge in [0.25, 0.3) is 0 Å². The Morgan fingerprint density at radius 2 is 2.47 bits per heavy atom. The third kappa shape index (κ3) is 1.95. The van der Waals surface area contributed by atoms with Gasteiger partial charge < -0.3 is 4.57 Å². The van der Waals surface area contributed by atoms with Gasteiger partial charge in [0.15, 0.2) is 5.65 Å². The third-order valence-electron chi connectivity index (χ3n) is 3.37. The fourth-order valence-corrected chi connectivity index (χ4v) is 3.68. The second-order valence-corrected chi connectivity index (χ2v) is 5.62. The van der Waals surface area contributed by atoms with Crippen LogP contribution in [0.15, 0.2) is 18.3 Å². The molecule has 1 saturated heterocycles. The zero-order valence-corrected chi connectivity index (χ0v) is 10.9. The Morgan fingerprint density at radius 3 is 3.24 bits per heavy atom. The predicted octanol–water partition coefficient (Wildman–Crippen LogP) is 3.06. The van der Waals surface area contributed by atoms with E-state index < -0.39 is 0 Å². The number of hydrogen-bond donors (Lipinski definition) is 0. The number of imidazole rings is 1. The maximum Gasteiger partial charge on any atom is 0.159 e. The molecule has 1 aliphatic heterocycles. The Hall–Kier alpha value is -1.03. The van der Waals surface area contributed by atoms with E-state index >= 15 is 0 Å². The van der Waals surface area contributed by atoms with Gasteiger partial charge in [-0.3, -0.25) is 0 Å². The van der Waals surface area contributed by atoms with Crippen molar-refractivity contribution in [2.75, 3.05) is 11.5 Å². The Balaban J connectivity index is 2.08. The summed E-state index contributed by atoms with van der Waals surface area (Å²) >= 11 is 2.05. The van der Waals surface area contributed by atoms with E-state index in [4.69, 9.17) is 4.98 Å². The van der Waals surface area contributed by atoms with Gasteiger partial charge >= 0.3 is 0 Å². The molecule has 90 valence electrons. The molecule has 1 atom stereocenters. The Labute approximate surface area is 106 Å². The summed E-state index contributed by atoms with van der Waals surface area (Å²) in [4.78, 5) is 9.26. The van der Waals surface area contributed by atoms with E-state index in [1.54, 1.807) is 0 Å². The summed E-state index contributed by atoms with van der Waals surface area (Å²) in [6.07, 6.45) is 4.45. The van der Waals surface area contributed by atoms with E-state index in [1.807, 2.05) is 12.3 Å². The van der Waals surface area contributed by atoms with Crippen molar-refractivity contribution in [3.05, 3.63) is 24.2 Å². The zero-order valence-electron chi connectivity index (χ0n) is 10.1. The highest BCUT2D eigenvalue weighted by atomic mass is 32.2. The maximum atomic E-state index is 4.79. The van der Waals surface area contributed by atoms with Gasteiger partial charge in [0.1, 0.15) is 11.3 Å². The number of pyridine rings is 1. The quantitative estimate of drug-likeness (QED) is 0.817. The number of hydrogen-bond acceptors (Lipinski definition) is 3. The number of nitrogens with zero attached hydrogens (tertiary/aromatic N) is 3. The fraction of sp³-hybridized carbons (Fsp3) is 0.538. The van der Waals surface area contributed by atoms with Gasteiger partial charge in [-0.1, -0.05) is 0 Å². The number of fused-ring (bicyclic) bond motifs is 1. The minimum Gasteiger partial charge on any atom is -0.313 e. The molecule has 1 fully saturated rings. The first-order valence-corrected chi connectivity index (χ1v) is 7.44. The van der Waals surface area contributed by atoms with Gasteiger partial charge in [-0.25, -0.2) is 9.97 Å². The van der Waals surface area contributed by atoms with Gasteiger partial charge in [-0.05, 0) is 37.7 Å². The second-order valence-electron chi connectivity index (χ2n) is 4.47. The van der Waals surface area contributed by atoms with Crippen LogP contribution in [0.5, 0.6) is 0 Å². The van der Waals surface area contributed by atoms with E-state index in [1.165, 1.54) is 30.2 Å². The topological polar surface area (TPSA) is 30.7 Å². The molecule has 0 N–H and O–H groups in total. The first-order valence-electron chi connectivity index (χ1n) is 6.29. The summed E-state index contributed by atoms with van der Waals surface area (Å²) in [7, 11) is 0. The number of thioether (sulfide) groups is 1. The zero-order chi connectivity index (χ0) is 11.7. The van der Waals surface area contributed by atoms with Crippen molar-refractivity contribution >= 4 is 22.9 Å². The molecule has 0 aliphatic carbocycles. The number of rotatable bonds is 2. The lowest BCUT2D eigenvalue weighted by molar-refractivity contribution is 0.582. The van der Waals surface area contributed by atoms with Gasteiger partial charge in [0.05, 0.1) is 0 Å². The molecule has 1 aliphatic rings. The smallest absolute Gasteiger partial charge is 0.159 e. The molecule has 2 aromatic heterocycles. The first-order chi connectivity index (χ1) is 8.40. The van der Waals surface area contributed by atoms with Crippen molar-refractivity contribution in [2.24, 2.45) is 0 Å². The van der Waals surface area contributed by atoms with Gasteiger partial charge in [0, 0.05) is 24.4 Å². The first kappa shape index (κ1) is 11.1. The molecule has 1 unspecified atom stereocenters. The van der Waals surface area contributed by atoms with Crippen molar-refractivity contribution in [2.45, 2.75) is 32.2 Å². The van der Waals surface area contributed by atoms with Crippen molar-refractivity contribution in [3.63, 3.8) is 0 Å². The lowest BCUT2D eigenvalue weighted by atomic mass is 10.0. The molecule has 17 heavy (non-hydrogen) atoms. The Bertz CT molecular complexity index is 514. The SMILES string of the molecule is CCn1c(C2CCCSC2)nc2cccnc21. The van der Waals surface area contributed by atoms with Crippen LogP contribution in [-0.4, -0.2) is 26.0 Å². The van der Waals surface area contributed by atoms with Crippen molar-refractivity contribution in [1.82, 2.24) is 14.5 Å². The van der Waals surface area contributed by atoms with E-state index in [0.29, 0.717) is 5.92 Å². The summed E-state index contributed by atoms with van der Waals surface area (Å²) in [6, 6.07) is 4.03. The normalized spacial score (nSPS) is 20.9. The molecule has 0 amide bonds. The van der Waals surface area contributed by atoms with Crippen LogP contribution >= 0.6 is 11.8 Å². The second kappa shape index (κ2) is 4.69. The summed E-state index contributed by atoms with van der Waals surface area (Å²) < 4.78 is 2.28. The standard InChI is InChI=1S/C13H17N3S/c1-2-16-12(10-5-4-8-17-9-10)15-11-6-3-7-14-13(11)16/h3,6-7,10H,2,4-5,8-9H2,1H3. The monoisotopic (exact) mass is 247 g/mol. The van der Waals surface area contributed by atoms with Crippen LogP contribution in [0.4, 0.5) is 0 Å². The molecular formula is C13H17N3S. The average Bonchev–Trinajstić information content (AvgIpc) is 2.78. The van der Waals surface area contributed by atoms with Gasteiger partial charge in [-0.2, -0.15) is 11.8 Å². The molecule has 0 bridgehead atoms. The van der Waals surface area contributed by atoms with Crippen molar-refractivity contribution < 1.29 is 0 Å². The van der Waals surface area contributed by atoms with Crippen LogP contribution in [0.3, 0.4) is 0 Å². The lowest BCUT2D eigenvalue weighted by Gasteiger charge is -2.21. The molecule has 2 aromatic rings. The molecule has 3 rings (SSSR count). The molecule has 3 heterocycles. The molecule has 0 spiro atoms. The summed E-state index contributed by atoms with van der Waals surface area (Å²) in [6.45, 7) is 3.14. The third-order valence-corrected chi connectivity index (χ3v) is 4.59. The highest BCUT2D eigenvalue weighted by molar-refractivity contribution is 7.99. The van der Waals surface area contributed by atoms with Crippen LogP contribution in [0.1, 0.15) is 31.5 Å². The van der Waals surface area contributed by atoms with Gasteiger partial charge in [-0.15, -0.1) is 0 Å². The predicted molar refractivity (Wildman–Crippen MR) is 72.5 cm³/mol. The molecule has 3 nitrogen and oxygen atoms in total. The minimum atomic E-state index is 0.614. The minimum absolute atomic E-state index is 0.614. The van der Waals surface area contributed by atoms with Gasteiger partial charge in [0.2, 0.25) is 0 Å². The van der Waals surface area contributed by atoms with Crippen LogP contribution in [0.2, 0.25) is 0 Å². The fourth-order valence-electron chi connectivity index (χ4n) is 2.54. The van der Waals surface area contributed by atoms with Crippen molar-refractivity contribution in [1.29, 1.82) is 0 Å². The number of aryl methyl sites for hydroxylation is 1. The Kier molecular flexibility index (Phi) is 3.05.